The summed E-state index contributed by atoms with van der Waals surface area (Å²) in [6.07, 6.45) is 0. The van der Waals surface area contributed by atoms with E-state index >= 15 is 0 Å². The average molecular weight is 613 g/mol. The molecule has 1 N–H and O–H groups in total. The molecule has 5 rings (SSSR count). The van der Waals surface area contributed by atoms with Crippen molar-refractivity contribution in [1.29, 1.82) is 0 Å². The molecule has 0 radical (unpaired) electrons. The molecule has 1 aliphatic rings. The van der Waals surface area contributed by atoms with Crippen LogP contribution in [0.4, 0.5) is 11.4 Å². The van der Waals surface area contributed by atoms with Crippen molar-refractivity contribution >= 4 is 69.9 Å². The van der Waals surface area contributed by atoms with Gasteiger partial charge in [-0.3, -0.25) is 14.5 Å². The summed E-state index contributed by atoms with van der Waals surface area (Å²) in [6, 6.07) is 20.2. The van der Waals surface area contributed by atoms with E-state index < -0.39 is 6.04 Å². The Labute approximate surface area is 251 Å². The van der Waals surface area contributed by atoms with Crippen LogP contribution in [0, 0.1) is 5.92 Å². The van der Waals surface area contributed by atoms with E-state index in [0.29, 0.717) is 28.1 Å². The molecule has 2 amide bonds. The number of rotatable bonds is 8. The van der Waals surface area contributed by atoms with Gasteiger partial charge in [0.25, 0.3) is 5.91 Å². The number of carbonyl (C=O) groups is 2. The molecule has 0 aliphatic carbocycles. The summed E-state index contributed by atoms with van der Waals surface area (Å²) in [5, 5.41) is 13.3. The van der Waals surface area contributed by atoms with Gasteiger partial charge in [-0.2, -0.15) is 0 Å². The van der Waals surface area contributed by atoms with E-state index in [4.69, 9.17) is 23.2 Å². The van der Waals surface area contributed by atoms with Gasteiger partial charge in [0, 0.05) is 21.4 Å². The first kappa shape index (κ1) is 28.5. The molecule has 7 nitrogen and oxygen atoms in total. The molecular formula is C29H27Cl2N5O2S2. The molecule has 0 saturated heterocycles. The minimum Gasteiger partial charge on any atom is -0.342 e. The lowest BCUT2D eigenvalue weighted by molar-refractivity contribution is -0.115. The van der Waals surface area contributed by atoms with E-state index in [-0.39, 0.29) is 28.5 Å². The van der Waals surface area contributed by atoms with Gasteiger partial charge in [0.2, 0.25) is 5.91 Å². The van der Waals surface area contributed by atoms with Crippen molar-refractivity contribution in [1.82, 2.24) is 20.1 Å². The van der Waals surface area contributed by atoms with Crippen LogP contribution in [-0.2, 0) is 11.3 Å². The predicted molar refractivity (Wildman–Crippen MR) is 162 cm³/mol. The molecule has 0 spiro atoms. The molecule has 4 aromatic rings. The predicted octanol–water partition coefficient (Wildman–Crippen LogP) is 7.65. The number of nitrogens with zero attached hydrogens (tertiary/aromatic N) is 4. The Hall–Kier alpha value is -2.98. The van der Waals surface area contributed by atoms with E-state index in [2.05, 4.69) is 15.5 Å². The fourth-order valence-electron chi connectivity index (χ4n) is 4.52. The van der Waals surface area contributed by atoms with E-state index in [1.807, 2.05) is 73.9 Å². The first-order valence-corrected chi connectivity index (χ1v) is 15.3. The topological polar surface area (TPSA) is 80.1 Å². The molecule has 206 valence electrons. The highest BCUT2D eigenvalue weighted by molar-refractivity contribution is 8.00. The van der Waals surface area contributed by atoms with Crippen LogP contribution in [0.3, 0.4) is 0 Å². The minimum atomic E-state index is -0.422. The summed E-state index contributed by atoms with van der Waals surface area (Å²) < 4.78 is 1.94. The standard InChI is InChI=1S/C29H27Cl2N5O2S2/c1-4-35-27(26(17(2)3)32-28(38)19-14-13-18(30)15-20(19)31)33-34-29(35)39-16-25(37)36-21-9-5-7-11-23(21)40-24-12-8-6-10-22(24)36/h5-15,17,26H,4,16H2,1-3H3,(H,32,38)/t26-/m1/s1. The van der Waals surface area contributed by atoms with E-state index in [0.717, 1.165) is 21.2 Å². The molecule has 1 atom stereocenters. The first-order valence-electron chi connectivity index (χ1n) is 12.8. The second-order valence-electron chi connectivity index (χ2n) is 9.46. The Morgan fingerprint density at radius 2 is 1.62 bits per heavy atom. The Morgan fingerprint density at radius 3 is 2.23 bits per heavy atom. The molecule has 40 heavy (non-hydrogen) atoms. The summed E-state index contributed by atoms with van der Waals surface area (Å²) >= 11 is 15.3. The molecule has 3 aromatic carbocycles. The summed E-state index contributed by atoms with van der Waals surface area (Å²) in [6.45, 7) is 6.57. The highest BCUT2D eigenvalue weighted by Gasteiger charge is 2.30. The first-order chi connectivity index (χ1) is 19.3. The average Bonchev–Trinajstić information content (AvgIpc) is 3.35. The number of halogens is 2. The van der Waals surface area contributed by atoms with Crippen LogP contribution in [0.5, 0.6) is 0 Å². The lowest BCUT2D eigenvalue weighted by Crippen LogP contribution is -2.34. The number of hydrogen-bond acceptors (Lipinski definition) is 6. The van der Waals surface area contributed by atoms with Gasteiger partial charge in [-0.25, -0.2) is 0 Å². The zero-order chi connectivity index (χ0) is 28.4. The summed E-state index contributed by atoms with van der Waals surface area (Å²) in [4.78, 5) is 30.6. The number of amides is 2. The maximum absolute atomic E-state index is 13.7. The van der Waals surface area contributed by atoms with Crippen LogP contribution in [0.2, 0.25) is 10.0 Å². The highest BCUT2D eigenvalue weighted by atomic mass is 35.5. The third-order valence-corrected chi connectivity index (χ3v) is 9.10. The van der Waals surface area contributed by atoms with Gasteiger partial charge in [-0.05, 0) is 55.3 Å². The number of benzene rings is 3. The fraction of sp³-hybridized carbons (Fsp3) is 0.241. The number of aromatic nitrogens is 3. The Morgan fingerprint density at radius 1 is 0.975 bits per heavy atom. The molecule has 0 saturated carbocycles. The maximum atomic E-state index is 13.7. The van der Waals surface area contributed by atoms with Crippen molar-refractivity contribution < 1.29 is 9.59 Å². The van der Waals surface area contributed by atoms with E-state index in [9.17, 15) is 9.59 Å². The summed E-state index contributed by atoms with van der Waals surface area (Å²) in [7, 11) is 0. The van der Waals surface area contributed by atoms with Crippen molar-refractivity contribution in [3.05, 3.63) is 88.2 Å². The zero-order valence-corrected chi connectivity index (χ0v) is 25.2. The minimum absolute atomic E-state index is 0.0165. The SMILES string of the molecule is CCn1c(SCC(=O)N2c3ccccc3Sc3ccccc32)nnc1[C@H](NC(=O)c1ccc(Cl)cc1Cl)C(C)C. The summed E-state index contributed by atoms with van der Waals surface area (Å²) in [5.74, 6) is 0.433. The van der Waals surface area contributed by atoms with Crippen LogP contribution in [0.1, 0.15) is 43.0 Å². The number of fused-ring (bicyclic) bond motifs is 2. The van der Waals surface area contributed by atoms with Crippen molar-refractivity contribution in [2.24, 2.45) is 5.92 Å². The van der Waals surface area contributed by atoms with Gasteiger partial charge in [0.15, 0.2) is 11.0 Å². The Kier molecular flexibility index (Phi) is 8.75. The third kappa shape index (κ3) is 5.74. The fourth-order valence-corrected chi connectivity index (χ4v) is 6.93. The smallest absolute Gasteiger partial charge is 0.253 e. The van der Waals surface area contributed by atoms with Crippen molar-refractivity contribution in [2.75, 3.05) is 10.7 Å². The quantitative estimate of drug-likeness (QED) is 0.206. The van der Waals surface area contributed by atoms with Crippen LogP contribution < -0.4 is 10.2 Å². The van der Waals surface area contributed by atoms with Gasteiger partial charge in [-0.15, -0.1) is 10.2 Å². The normalized spacial score (nSPS) is 13.1. The molecule has 11 heteroatoms. The molecule has 0 unspecified atom stereocenters. The number of anilines is 2. The van der Waals surface area contributed by atoms with Gasteiger partial charge in [-0.1, -0.05) is 84.8 Å². The van der Waals surface area contributed by atoms with Crippen molar-refractivity contribution in [3.8, 4) is 0 Å². The third-order valence-electron chi connectivity index (χ3n) is 6.48. The monoisotopic (exact) mass is 611 g/mol. The summed E-state index contributed by atoms with van der Waals surface area (Å²) in [5.41, 5.74) is 2.08. The zero-order valence-electron chi connectivity index (χ0n) is 22.1. The molecule has 2 heterocycles. The van der Waals surface area contributed by atoms with Gasteiger partial charge >= 0.3 is 0 Å². The number of thioether (sulfide) groups is 1. The molecular weight excluding hydrogens is 585 g/mol. The van der Waals surface area contributed by atoms with Gasteiger partial charge < -0.3 is 9.88 Å². The molecule has 1 aromatic heterocycles. The number of hydrogen-bond donors (Lipinski definition) is 1. The Bertz CT molecular complexity index is 1530. The van der Waals surface area contributed by atoms with Gasteiger partial charge in [0.05, 0.1) is 33.8 Å². The van der Waals surface area contributed by atoms with E-state index in [1.54, 1.807) is 34.9 Å². The second kappa shape index (κ2) is 12.3. The lowest BCUT2D eigenvalue weighted by Gasteiger charge is -2.31. The number of nitrogens with one attached hydrogen (secondary N) is 1. The van der Waals surface area contributed by atoms with Crippen molar-refractivity contribution in [3.63, 3.8) is 0 Å². The van der Waals surface area contributed by atoms with Gasteiger partial charge in [0.1, 0.15) is 0 Å². The molecule has 0 bridgehead atoms. The van der Waals surface area contributed by atoms with Crippen LogP contribution in [0.15, 0.2) is 81.7 Å². The highest BCUT2D eigenvalue weighted by Crippen LogP contribution is 2.48. The van der Waals surface area contributed by atoms with Crippen LogP contribution >= 0.6 is 46.7 Å². The lowest BCUT2D eigenvalue weighted by atomic mass is 10.0. The number of carbonyl (C=O) groups excluding carboxylic acids is 2. The van der Waals surface area contributed by atoms with Crippen LogP contribution in [-0.4, -0.2) is 32.3 Å². The van der Waals surface area contributed by atoms with Crippen LogP contribution in [0.25, 0.3) is 0 Å². The largest absolute Gasteiger partial charge is 0.342 e. The molecule has 0 fully saturated rings. The van der Waals surface area contributed by atoms with E-state index in [1.165, 1.54) is 11.8 Å². The second-order valence-corrected chi connectivity index (χ2v) is 12.3. The molecule has 1 aliphatic heterocycles. The Balaban J connectivity index is 1.36. The van der Waals surface area contributed by atoms with Crippen molar-refractivity contribution in [2.45, 2.75) is 48.3 Å². The number of para-hydroxylation sites is 2. The maximum Gasteiger partial charge on any atom is 0.253 e.